The normalized spacial score (nSPS) is 10.1. The first-order valence-electron chi connectivity index (χ1n) is 6.51. The van der Waals surface area contributed by atoms with Gasteiger partial charge in [0.1, 0.15) is 0 Å². The lowest BCUT2D eigenvalue weighted by atomic mass is 10.1. The maximum atomic E-state index is 3.20. The van der Waals surface area contributed by atoms with Crippen LogP contribution in [0.4, 0.5) is 11.4 Å². The van der Waals surface area contributed by atoms with Gasteiger partial charge in [-0.25, -0.2) is 0 Å². The summed E-state index contributed by atoms with van der Waals surface area (Å²) < 4.78 is 0. The van der Waals surface area contributed by atoms with E-state index >= 15 is 0 Å². The largest absolute Gasteiger partial charge is 0.301 e. The van der Waals surface area contributed by atoms with Crippen LogP contribution >= 0.6 is 0 Å². The number of benzene rings is 2. The molecule has 0 saturated carbocycles. The third-order valence-corrected chi connectivity index (χ3v) is 3.08. The molecule has 0 radical (unpaired) electrons. The summed E-state index contributed by atoms with van der Waals surface area (Å²) in [5.74, 6) is 0. The maximum Gasteiger partial charge on any atom is 0.0540 e. The van der Waals surface area contributed by atoms with E-state index in [4.69, 9.17) is 0 Å². The molecule has 94 valence electrons. The second kappa shape index (κ2) is 6.10. The van der Waals surface area contributed by atoms with Gasteiger partial charge in [0.15, 0.2) is 0 Å². The minimum Gasteiger partial charge on any atom is -0.301 e. The highest BCUT2D eigenvalue weighted by Crippen LogP contribution is 2.13. The molecular formula is C16H20N2. The first-order chi connectivity index (χ1) is 8.81. The Kier molecular flexibility index (Phi) is 4.24. The van der Waals surface area contributed by atoms with Crippen molar-refractivity contribution in [3.05, 3.63) is 59.7 Å². The van der Waals surface area contributed by atoms with Gasteiger partial charge in [-0.2, -0.15) is 0 Å². The van der Waals surface area contributed by atoms with E-state index in [1.54, 1.807) is 0 Å². The molecule has 18 heavy (non-hydrogen) atoms. The van der Waals surface area contributed by atoms with E-state index in [0.29, 0.717) is 0 Å². The quantitative estimate of drug-likeness (QED) is 0.763. The molecule has 0 amide bonds. The number of anilines is 2. The summed E-state index contributed by atoms with van der Waals surface area (Å²) in [4.78, 5) is 0. The lowest BCUT2D eigenvalue weighted by molar-refractivity contribution is 1.14. The molecule has 2 heteroatoms. The highest BCUT2D eigenvalue weighted by molar-refractivity contribution is 5.53. The van der Waals surface area contributed by atoms with Gasteiger partial charge >= 0.3 is 0 Å². The van der Waals surface area contributed by atoms with Crippen LogP contribution in [0.25, 0.3) is 0 Å². The first-order valence-corrected chi connectivity index (χ1v) is 6.51. The topological polar surface area (TPSA) is 24.1 Å². The highest BCUT2D eigenvalue weighted by Gasteiger charge is 1.94. The van der Waals surface area contributed by atoms with Crippen LogP contribution in [0, 0.1) is 0 Å². The van der Waals surface area contributed by atoms with Crippen LogP contribution in [-0.4, -0.2) is 0 Å². The molecule has 0 heterocycles. The summed E-state index contributed by atoms with van der Waals surface area (Å²) in [6.45, 7) is 4.33. The summed E-state index contributed by atoms with van der Waals surface area (Å²) in [5, 5.41) is 0. The van der Waals surface area contributed by atoms with Crippen molar-refractivity contribution in [3.63, 3.8) is 0 Å². The SMILES string of the molecule is CCc1ccc(NNc2ccc(CC)cc2)cc1. The second-order valence-electron chi connectivity index (χ2n) is 4.35. The van der Waals surface area contributed by atoms with E-state index in [0.717, 1.165) is 24.2 Å². The zero-order valence-electron chi connectivity index (χ0n) is 11.0. The predicted octanol–water partition coefficient (Wildman–Crippen LogP) is 4.25. The van der Waals surface area contributed by atoms with E-state index in [-0.39, 0.29) is 0 Å². The lowest BCUT2D eigenvalue weighted by Crippen LogP contribution is -2.08. The number of hydrogen-bond acceptors (Lipinski definition) is 2. The van der Waals surface area contributed by atoms with Crippen molar-refractivity contribution in [1.29, 1.82) is 0 Å². The number of aryl methyl sites for hydroxylation is 2. The molecule has 0 atom stereocenters. The summed E-state index contributed by atoms with van der Waals surface area (Å²) in [6.07, 6.45) is 2.15. The maximum absolute atomic E-state index is 3.20. The summed E-state index contributed by atoms with van der Waals surface area (Å²) in [6, 6.07) is 16.9. The number of hydrogen-bond donors (Lipinski definition) is 2. The Balaban J connectivity index is 1.93. The van der Waals surface area contributed by atoms with E-state index in [2.05, 4.69) is 73.2 Å². The van der Waals surface area contributed by atoms with Crippen LogP contribution in [0.2, 0.25) is 0 Å². The Morgan fingerprint density at radius 3 is 1.22 bits per heavy atom. The number of nitrogens with one attached hydrogen (secondary N) is 2. The number of rotatable bonds is 5. The van der Waals surface area contributed by atoms with Crippen LogP contribution in [0.1, 0.15) is 25.0 Å². The van der Waals surface area contributed by atoms with Crippen LogP contribution in [0.3, 0.4) is 0 Å². The Labute approximate surface area is 109 Å². The molecule has 2 aromatic rings. The molecular weight excluding hydrogens is 220 g/mol. The average Bonchev–Trinajstić information content (AvgIpc) is 2.46. The standard InChI is InChI=1S/C16H20N2/c1-3-13-5-9-15(10-6-13)17-18-16-11-7-14(4-2)8-12-16/h5-12,17-18H,3-4H2,1-2H3. The number of hydrazine groups is 1. The van der Waals surface area contributed by atoms with Crippen molar-refractivity contribution >= 4 is 11.4 Å². The van der Waals surface area contributed by atoms with E-state index in [9.17, 15) is 0 Å². The van der Waals surface area contributed by atoms with Gasteiger partial charge in [0, 0.05) is 0 Å². The summed E-state index contributed by atoms with van der Waals surface area (Å²) in [5.41, 5.74) is 11.3. The van der Waals surface area contributed by atoms with Crippen molar-refractivity contribution in [1.82, 2.24) is 0 Å². The van der Waals surface area contributed by atoms with Crippen LogP contribution in [-0.2, 0) is 12.8 Å². The Morgan fingerprint density at radius 1 is 0.611 bits per heavy atom. The van der Waals surface area contributed by atoms with E-state index in [1.165, 1.54) is 11.1 Å². The summed E-state index contributed by atoms with van der Waals surface area (Å²) in [7, 11) is 0. The van der Waals surface area contributed by atoms with Crippen molar-refractivity contribution < 1.29 is 0 Å². The second-order valence-corrected chi connectivity index (χ2v) is 4.35. The minimum absolute atomic E-state index is 1.08. The van der Waals surface area contributed by atoms with Crippen molar-refractivity contribution in [2.45, 2.75) is 26.7 Å². The van der Waals surface area contributed by atoms with E-state index < -0.39 is 0 Å². The zero-order valence-corrected chi connectivity index (χ0v) is 11.0. The fourth-order valence-electron chi connectivity index (χ4n) is 1.79. The van der Waals surface area contributed by atoms with Crippen LogP contribution in [0.5, 0.6) is 0 Å². The molecule has 0 aliphatic carbocycles. The Hall–Kier alpha value is -1.96. The highest BCUT2D eigenvalue weighted by atomic mass is 15.4. The predicted molar refractivity (Wildman–Crippen MR) is 78.9 cm³/mol. The van der Waals surface area contributed by atoms with Gasteiger partial charge < -0.3 is 10.9 Å². The van der Waals surface area contributed by atoms with Crippen LogP contribution < -0.4 is 10.9 Å². The van der Waals surface area contributed by atoms with Crippen molar-refractivity contribution in [2.75, 3.05) is 10.9 Å². The van der Waals surface area contributed by atoms with Gasteiger partial charge in [-0.05, 0) is 48.2 Å². The zero-order chi connectivity index (χ0) is 12.8. The third kappa shape index (κ3) is 3.27. The molecule has 0 fully saturated rings. The molecule has 0 unspecified atom stereocenters. The monoisotopic (exact) mass is 240 g/mol. The first kappa shape index (κ1) is 12.5. The molecule has 0 bridgehead atoms. The van der Waals surface area contributed by atoms with Crippen molar-refractivity contribution in [2.24, 2.45) is 0 Å². The van der Waals surface area contributed by atoms with Crippen LogP contribution in [0.15, 0.2) is 48.5 Å². The molecule has 2 N–H and O–H groups in total. The molecule has 0 spiro atoms. The van der Waals surface area contributed by atoms with Gasteiger partial charge in [-0.15, -0.1) is 0 Å². The van der Waals surface area contributed by atoms with Gasteiger partial charge in [-0.3, -0.25) is 0 Å². The third-order valence-electron chi connectivity index (χ3n) is 3.08. The Bertz CT molecular complexity index is 424. The molecule has 2 aromatic carbocycles. The molecule has 0 aliphatic heterocycles. The Morgan fingerprint density at radius 2 is 0.944 bits per heavy atom. The fraction of sp³-hybridized carbons (Fsp3) is 0.250. The summed E-state index contributed by atoms with van der Waals surface area (Å²) >= 11 is 0. The van der Waals surface area contributed by atoms with Gasteiger partial charge in [0.2, 0.25) is 0 Å². The van der Waals surface area contributed by atoms with Gasteiger partial charge in [0.25, 0.3) is 0 Å². The van der Waals surface area contributed by atoms with Crippen molar-refractivity contribution in [3.8, 4) is 0 Å². The molecule has 2 nitrogen and oxygen atoms in total. The smallest absolute Gasteiger partial charge is 0.0540 e. The average molecular weight is 240 g/mol. The van der Waals surface area contributed by atoms with Gasteiger partial charge in [0.05, 0.1) is 11.4 Å². The van der Waals surface area contributed by atoms with E-state index in [1.807, 2.05) is 0 Å². The molecule has 2 rings (SSSR count). The molecule has 0 saturated heterocycles. The molecule has 0 aliphatic rings. The lowest BCUT2D eigenvalue weighted by Gasteiger charge is -2.10. The van der Waals surface area contributed by atoms with Gasteiger partial charge in [-0.1, -0.05) is 38.1 Å². The minimum atomic E-state index is 1.08. The molecule has 0 aromatic heterocycles. The fourth-order valence-corrected chi connectivity index (χ4v) is 1.79.